The van der Waals surface area contributed by atoms with E-state index in [1.165, 1.54) is 28.4 Å². The van der Waals surface area contributed by atoms with Gasteiger partial charge in [-0.1, -0.05) is 18.2 Å². The zero-order valence-corrected chi connectivity index (χ0v) is 14.1. The van der Waals surface area contributed by atoms with Crippen LogP contribution in [-0.2, 0) is 4.74 Å². The number of thiophene rings is 1. The molecule has 0 radical (unpaired) electrons. The topological polar surface area (TPSA) is 43.4 Å². The number of esters is 1. The lowest BCUT2D eigenvalue weighted by molar-refractivity contribution is 0.0476. The molecule has 3 rings (SSSR count). The number of ether oxygens (including phenoxy) is 1. The van der Waals surface area contributed by atoms with Crippen LogP contribution in [0.25, 0.3) is 0 Å². The van der Waals surface area contributed by atoms with Gasteiger partial charge < -0.3 is 4.74 Å². The molecular weight excluding hydrogens is 336 g/mol. The fourth-order valence-corrected chi connectivity index (χ4v) is 5.56. The maximum absolute atomic E-state index is 12.0. The molecule has 22 heavy (non-hydrogen) atoms. The van der Waals surface area contributed by atoms with Gasteiger partial charge in [-0.2, -0.15) is 0 Å². The summed E-state index contributed by atoms with van der Waals surface area (Å²) < 4.78 is 5.55. The van der Waals surface area contributed by atoms with Crippen molar-refractivity contribution in [2.45, 2.75) is 4.58 Å². The minimum atomic E-state index is -0.455. The number of rotatable bonds is 5. The second kappa shape index (κ2) is 7.35. The van der Waals surface area contributed by atoms with Crippen molar-refractivity contribution < 1.29 is 14.3 Å². The van der Waals surface area contributed by atoms with Gasteiger partial charge in [-0.3, -0.25) is 4.79 Å². The third kappa shape index (κ3) is 3.74. The van der Waals surface area contributed by atoms with Crippen LogP contribution in [0.3, 0.4) is 0 Å². The second-order valence-electron chi connectivity index (χ2n) is 4.67. The van der Waals surface area contributed by atoms with Crippen molar-refractivity contribution in [1.29, 1.82) is 0 Å². The van der Waals surface area contributed by atoms with Crippen molar-refractivity contribution in [1.82, 2.24) is 0 Å². The molecule has 2 heterocycles. The minimum Gasteiger partial charge on any atom is -0.454 e. The molecule has 1 aromatic heterocycles. The molecule has 0 atom stereocenters. The Kier molecular flexibility index (Phi) is 5.23. The Bertz CT molecular complexity index is 644. The number of ketones is 1. The van der Waals surface area contributed by atoms with Crippen LogP contribution in [0.4, 0.5) is 0 Å². The van der Waals surface area contributed by atoms with Crippen molar-refractivity contribution in [2.24, 2.45) is 0 Å². The monoisotopic (exact) mass is 350 g/mol. The van der Waals surface area contributed by atoms with E-state index in [9.17, 15) is 9.59 Å². The third-order valence-electron chi connectivity index (χ3n) is 3.17. The summed E-state index contributed by atoms with van der Waals surface area (Å²) in [5, 5.41) is 1.83. The molecule has 0 N–H and O–H groups in total. The van der Waals surface area contributed by atoms with E-state index in [0.29, 0.717) is 15.0 Å². The smallest absolute Gasteiger partial charge is 0.338 e. The Hall–Kier alpha value is -1.24. The third-order valence-corrected chi connectivity index (χ3v) is 7.19. The molecular formula is C16H14O3S3. The predicted molar refractivity (Wildman–Crippen MR) is 93.0 cm³/mol. The van der Waals surface area contributed by atoms with Gasteiger partial charge in [-0.15, -0.1) is 34.9 Å². The van der Waals surface area contributed by atoms with E-state index in [0.717, 1.165) is 0 Å². The molecule has 0 saturated carbocycles. The Morgan fingerprint density at radius 3 is 2.45 bits per heavy atom. The number of thioether (sulfide) groups is 2. The first-order valence-corrected chi connectivity index (χ1v) is 9.79. The highest BCUT2D eigenvalue weighted by molar-refractivity contribution is 8.19. The SMILES string of the molecule is O=C(OCC(=O)c1cccs1)c1ccc(C2SCCS2)cc1. The highest BCUT2D eigenvalue weighted by Crippen LogP contribution is 2.45. The maximum atomic E-state index is 12.0. The van der Waals surface area contributed by atoms with Gasteiger partial charge >= 0.3 is 5.97 Å². The van der Waals surface area contributed by atoms with Crippen molar-refractivity contribution in [2.75, 3.05) is 18.1 Å². The van der Waals surface area contributed by atoms with E-state index in [1.54, 1.807) is 24.3 Å². The van der Waals surface area contributed by atoms with Gasteiger partial charge in [0.05, 0.1) is 15.0 Å². The molecule has 0 bridgehead atoms. The Balaban J connectivity index is 1.56. The zero-order valence-electron chi connectivity index (χ0n) is 11.7. The molecule has 0 aliphatic carbocycles. The molecule has 114 valence electrons. The summed E-state index contributed by atoms with van der Waals surface area (Å²) in [5.74, 6) is 1.72. The first-order chi connectivity index (χ1) is 10.7. The van der Waals surface area contributed by atoms with E-state index in [1.807, 2.05) is 41.0 Å². The lowest BCUT2D eigenvalue weighted by Crippen LogP contribution is -2.13. The van der Waals surface area contributed by atoms with Crippen LogP contribution in [-0.4, -0.2) is 29.9 Å². The maximum Gasteiger partial charge on any atom is 0.338 e. The molecule has 1 saturated heterocycles. The van der Waals surface area contributed by atoms with Crippen LogP contribution < -0.4 is 0 Å². The van der Waals surface area contributed by atoms with E-state index in [2.05, 4.69) is 0 Å². The van der Waals surface area contributed by atoms with Gasteiger partial charge in [-0.05, 0) is 29.1 Å². The number of carbonyl (C=O) groups excluding carboxylic acids is 2. The minimum absolute atomic E-state index is 0.168. The number of hydrogen-bond donors (Lipinski definition) is 0. The average molecular weight is 350 g/mol. The van der Waals surface area contributed by atoms with E-state index >= 15 is 0 Å². The Morgan fingerprint density at radius 2 is 1.82 bits per heavy atom. The average Bonchev–Trinajstić information content (AvgIpc) is 3.25. The van der Waals surface area contributed by atoms with E-state index < -0.39 is 5.97 Å². The Morgan fingerprint density at radius 1 is 1.09 bits per heavy atom. The number of benzene rings is 1. The molecule has 6 heteroatoms. The summed E-state index contributed by atoms with van der Waals surface area (Å²) in [4.78, 5) is 24.4. The fourth-order valence-electron chi connectivity index (χ4n) is 2.05. The molecule has 1 aliphatic rings. The summed E-state index contributed by atoms with van der Waals surface area (Å²) in [7, 11) is 0. The number of Topliss-reactive ketones (excluding diaryl/α,β-unsaturated/α-hetero) is 1. The standard InChI is InChI=1S/C16H14O3S3/c17-13(14-2-1-7-20-14)10-19-15(18)11-3-5-12(6-4-11)16-21-8-9-22-16/h1-7,16H,8-10H2. The van der Waals surface area contributed by atoms with Crippen molar-refractivity contribution in [3.05, 3.63) is 57.8 Å². The lowest BCUT2D eigenvalue weighted by atomic mass is 10.1. The van der Waals surface area contributed by atoms with E-state index in [-0.39, 0.29) is 12.4 Å². The van der Waals surface area contributed by atoms with Gasteiger partial charge in [0.1, 0.15) is 0 Å². The molecule has 2 aromatic rings. The number of hydrogen-bond acceptors (Lipinski definition) is 6. The van der Waals surface area contributed by atoms with Crippen LogP contribution in [0.1, 0.15) is 30.2 Å². The van der Waals surface area contributed by atoms with Gasteiger partial charge in [-0.25, -0.2) is 4.79 Å². The summed E-state index contributed by atoms with van der Waals surface area (Å²) in [6, 6.07) is 11.0. The summed E-state index contributed by atoms with van der Waals surface area (Å²) >= 11 is 5.20. The van der Waals surface area contributed by atoms with Crippen LogP contribution >= 0.6 is 34.9 Å². The number of carbonyl (C=O) groups is 2. The predicted octanol–water partition coefficient (Wildman–Crippen LogP) is 4.27. The summed E-state index contributed by atoms with van der Waals surface area (Å²) in [6.07, 6.45) is 0. The zero-order chi connectivity index (χ0) is 15.4. The molecule has 1 aromatic carbocycles. The lowest BCUT2D eigenvalue weighted by Gasteiger charge is -2.09. The van der Waals surface area contributed by atoms with Gasteiger partial charge in [0, 0.05) is 11.5 Å². The first kappa shape index (κ1) is 15.6. The normalized spacial score (nSPS) is 14.9. The second-order valence-corrected chi connectivity index (χ2v) is 8.34. The van der Waals surface area contributed by atoms with Crippen molar-refractivity contribution >= 4 is 46.6 Å². The van der Waals surface area contributed by atoms with Crippen molar-refractivity contribution in [3.63, 3.8) is 0 Å². The van der Waals surface area contributed by atoms with E-state index in [4.69, 9.17) is 4.74 Å². The fraction of sp³-hybridized carbons (Fsp3) is 0.250. The Labute approximate surface area is 141 Å². The van der Waals surface area contributed by atoms with Crippen LogP contribution in [0.2, 0.25) is 0 Å². The largest absolute Gasteiger partial charge is 0.454 e. The van der Waals surface area contributed by atoms with Crippen molar-refractivity contribution in [3.8, 4) is 0 Å². The van der Waals surface area contributed by atoms with Crippen LogP contribution in [0, 0.1) is 0 Å². The molecule has 1 aliphatic heterocycles. The van der Waals surface area contributed by atoms with Crippen LogP contribution in [0.5, 0.6) is 0 Å². The highest BCUT2D eigenvalue weighted by atomic mass is 32.2. The molecule has 0 spiro atoms. The molecule has 0 unspecified atom stereocenters. The van der Waals surface area contributed by atoms with Gasteiger partial charge in [0.25, 0.3) is 0 Å². The van der Waals surface area contributed by atoms with Gasteiger partial charge in [0.15, 0.2) is 6.61 Å². The summed E-state index contributed by atoms with van der Waals surface area (Å²) in [5.41, 5.74) is 1.70. The first-order valence-electron chi connectivity index (χ1n) is 6.81. The quantitative estimate of drug-likeness (QED) is 0.595. The summed E-state index contributed by atoms with van der Waals surface area (Å²) in [6.45, 7) is -0.213. The van der Waals surface area contributed by atoms with Gasteiger partial charge in [0.2, 0.25) is 5.78 Å². The highest BCUT2D eigenvalue weighted by Gasteiger charge is 2.19. The molecule has 0 amide bonds. The molecule has 3 nitrogen and oxygen atoms in total. The van der Waals surface area contributed by atoms with Crippen LogP contribution in [0.15, 0.2) is 41.8 Å². The molecule has 1 fully saturated rings.